The maximum atomic E-state index is 11.7. The third-order valence-electron chi connectivity index (χ3n) is 2.75. The summed E-state index contributed by atoms with van der Waals surface area (Å²) in [7, 11) is 1.47. The van der Waals surface area contributed by atoms with E-state index in [9.17, 15) is 19.2 Å². The Morgan fingerprint density at radius 1 is 1.22 bits per heavy atom. The normalized spacial score (nSPS) is 14.2. The first-order valence-electron chi connectivity index (χ1n) is 7.34. The van der Waals surface area contributed by atoms with Crippen molar-refractivity contribution in [2.75, 3.05) is 7.05 Å². The van der Waals surface area contributed by atoms with Gasteiger partial charge in [0.05, 0.1) is 6.04 Å². The van der Waals surface area contributed by atoms with E-state index >= 15 is 0 Å². The maximum absolute atomic E-state index is 11.7. The second-order valence-corrected chi connectivity index (χ2v) is 4.26. The van der Waals surface area contributed by atoms with E-state index in [1.54, 1.807) is 6.08 Å². The fourth-order valence-corrected chi connectivity index (χ4v) is 1.60. The molecule has 1 rings (SSSR count). The van der Waals surface area contributed by atoms with Crippen LogP contribution in [0.4, 0.5) is 0 Å². The zero-order valence-electron chi connectivity index (χ0n) is 14.3. The highest BCUT2D eigenvalue weighted by Gasteiger charge is 2.40. The van der Waals surface area contributed by atoms with Crippen LogP contribution in [0, 0.1) is 0 Å². The van der Waals surface area contributed by atoms with E-state index < -0.39 is 17.9 Å². The molecule has 0 aromatic rings. The molecule has 1 aliphatic rings. The molecule has 128 valence electrons. The van der Waals surface area contributed by atoms with Crippen molar-refractivity contribution in [3.63, 3.8) is 0 Å². The summed E-state index contributed by atoms with van der Waals surface area (Å²) < 4.78 is 0. The van der Waals surface area contributed by atoms with Gasteiger partial charge < -0.3 is 10.1 Å². The minimum Gasteiger partial charge on any atom is -0.359 e. The van der Waals surface area contributed by atoms with E-state index in [0.29, 0.717) is 6.29 Å². The van der Waals surface area contributed by atoms with Gasteiger partial charge in [-0.2, -0.15) is 0 Å². The van der Waals surface area contributed by atoms with Crippen LogP contribution in [0.3, 0.4) is 0 Å². The van der Waals surface area contributed by atoms with Crippen LogP contribution in [0.1, 0.15) is 33.6 Å². The smallest absolute Gasteiger partial charge is 0.261 e. The van der Waals surface area contributed by atoms with Crippen LogP contribution in [-0.4, -0.2) is 42.0 Å². The van der Waals surface area contributed by atoms with Gasteiger partial charge in [0.2, 0.25) is 5.91 Å². The second kappa shape index (κ2) is 12.1. The van der Waals surface area contributed by atoms with Gasteiger partial charge in [0.25, 0.3) is 11.8 Å². The summed E-state index contributed by atoms with van der Waals surface area (Å²) in [5.41, 5.74) is -0.0152. The Morgan fingerprint density at radius 2 is 1.61 bits per heavy atom. The first-order chi connectivity index (χ1) is 10.8. The molecule has 0 bridgehead atoms. The SMILES string of the molecule is C=C1C(=C)C(=O)N(C(C=O)CCC(=O)NC)C1=O.C=CC.CC. The molecule has 0 aromatic carbocycles. The fraction of sp³-hybridized carbons (Fsp3) is 0.412. The molecule has 1 N–H and O–H groups in total. The number of imide groups is 1. The van der Waals surface area contributed by atoms with E-state index in [4.69, 9.17) is 0 Å². The quantitative estimate of drug-likeness (QED) is 0.362. The molecule has 0 spiro atoms. The summed E-state index contributed by atoms with van der Waals surface area (Å²) in [6, 6.07) is -0.960. The lowest BCUT2D eigenvalue weighted by Crippen LogP contribution is -2.41. The molecule has 6 nitrogen and oxygen atoms in total. The van der Waals surface area contributed by atoms with Gasteiger partial charge in [-0.1, -0.05) is 33.1 Å². The molecule has 1 unspecified atom stereocenters. The first-order valence-corrected chi connectivity index (χ1v) is 7.34. The van der Waals surface area contributed by atoms with Crippen LogP contribution in [-0.2, 0) is 19.2 Å². The van der Waals surface area contributed by atoms with Crippen molar-refractivity contribution < 1.29 is 19.2 Å². The molecule has 1 fully saturated rings. The van der Waals surface area contributed by atoms with Crippen molar-refractivity contribution in [2.24, 2.45) is 0 Å². The molecule has 1 saturated heterocycles. The lowest BCUT2D eigenvalue weighted by Gasteiger charge is -2.20. The van der Waals surface area contributed by atoms with Crippen LogP contribution in [0.15, 0.2) is 37.0 Å². The monoisotopic (exact) mass is 322 g/mol. The van der Waals surface area contributed by atoms with Crippen molar-refractivity contribution in [1.29, 1.82) is 0 Å². The van der Waals surface area contributed by atoms with E-state index in [0.717, 1.165) is 4.90 Å². The number of rotatable bonds is 5. The van der Waals surface area contributed by atoms with Crippen LogP contribution < -0.4 is 5.32 Å². The molecule has 1 aliphatic heterocycles. The van der Waals surface area contributed by atoms with Crippen molar-refractivity contribution in [1.82, 2.24) is 10.2 Å². The van der Waals surface area contributed by atoms with Crippen LogP contribution in [0.25, 0.3) is 0 Å². The molecular weight excluding hydrogens is 296 g/mol. The van der Waals surface area contributed by atoms with Crippen LogP contribution in [0.2, 0.25) is 0 Å². The van der Waals surface area contributed by atoms with E-state index in [1.165, 1.54) is 7.05 Å². The molecule has 0 radical (unpaired) electrons. The lowest BCUT2D eigenvalue weighted by atomic mass is 10.1. The average molecular weight is 322 g/mol. The Balaban J connectivity index is 0. The number of allylic oxidation sites excluding steroid dienone is 1. The van der Waals surface area contributed by atoms with Crippen LogP contribution >= 0.6 is 0 Å². The summed E-state index contributed by atoms with van der Waals surface area (Å²) in [6.07, 6.45) is 2.36. The summed E-state index contributed by atoms with van der Waals surface area (Å²) in [5.74, 6) is -1.52. The number of hydrogen-bond donors (Lipinski definition) is 1. The first kappa shape index (κ1) is 22.8. The Hall–Kier alpha value is -2.50. The number of hydrogen-bond acceptors (Lipinski definition) is 4. The topological polar surface area (TPSA) is 83.6 Å². The highest BCUT2D eigenvalue weighted by molar-refractivity contribution is 6.24. The summed E-state index contributed by atoms with van der Waals surface area (Å²) in [4.78, 5) is 46.3. The Bertz CT molecular complexity index is 469. The van der Waals surface area contributed by atoms with E-state index in [2.05, 4.69) is 25.1 Å². The lowest BCUT2D eigenvalue weighted by molar-refractivity contribution is -0.142. The number of carbonyl (C=O) groups is 4. The highest BCUT2D eigenvalue weighted by atomic mass is 16.2. The van der Waals surface area contributed by atoms with Gasteiger partial charge in [0.1, 0.15) is 6.29 Å². The minimum absolute atomic E-state index is 0.00760. The Labute approximate surface area is 137 Å². The third kappa shape index (κ3) is 6.42. The Morgan fingerprint density at radius 3 is 1.91 bits per heavy atom. The molecular formula is C17H26N2O4. The predicted molar refractivity (Wildman–Crippen MR) is 90.5 cm³/mol. The second-order valence-electron chi connectivity index (χ2n) is 4.26. The number of amides is 3. The fourth-order valence-electron chi connectivity index (χ4n) is 1.60. The van der Waals surface area contributed by atoms with E-state index in [1.807, 2.05) is 20.8 Å². The molecule has 3 amide bonds. The van der Waals surface area contributed by atoms with Crippen molar-refractivity contribution in [3.8, 4) is 0 Å². The molecule has 0 aromatic heterocycles. The molecule has 6 heteroatoms. The number of likely N-dealkylation sites (tertiary alicyclic amines) is 1. The number of nitrogens with one attached hydrogen (secondary N) is 1. The summed E-state index contributed by atoms with van der Waals surface area (Å²) in [6.45, 7) is 16.1. The predicted octanol–water partition coefficient (Wildman–Crippen LogP) is 1.78. The van der Waals surface area contributed by atoms with Gasteiger partial charge in [-0.15, -0.1) is 6.58 Å². The standard InChI is InChI=1S/C12H14N2O4.C3H6.C2H6/c1-7-8(2)12(18)14(11(7)17)9(6-15)4-5-10(16)13-3;1-3-2;1-2/h6,9H,1-2,4-5H2,3H3,(H,13,16);3H,1H2,2H3;1-2H3. The third-order valence-corrected chi connectivity index (χ3v) is 2.75. The number of nitrogens with zero attached hydrogens (tertiary/aromatic N) is 1. The van der Waals surface area contributed by atoms with Gasteiger partial charge in [-0.25, -0.2) is 0 Å². The molecule has 0 saturated carbocycles. The van der Waals surface area contributed by atoms with Crippen molar-refractivity contribution >= 4 is 24.0 Å². The van der Waals surface area contributed by atoms with Crippen LogP contribution in [0.5, 0.6) is 0 Å². The average Bonchev–Trinajstić information content (AvgIpc) is 2.75. The minimum atomic E-state index is -0.960. The molecule has 1 heterocycles. The van der Waals surface area contributed by atoms with Gasteiger partial charge in [-0.05, 0) is 13.3 Å². The van der Waals surface area contributed by atoms with Gasteiger partial charge in [-0.3, -0.25) is 19.3 Å². The van der Waals surface area contributed by atoms with Gasteiger partial charge in [0, 0.05) is 24.6 Å². The van der Waals surface area contributed by atoms with Gasteiger partial charge >= 0.3 is 0 Å². The zero-order chi connectivity index (χ0) is 18.6. The van der Waals surface area contributed by atoms with Crippen molar-refractivity contribution in [3.05, 3.63) is 37.0 Å². The highest BCUT2D eigenvalue weighted by Crippen LogP contribution is 2.24. The molecule has 1 atom stereocenters. The summed E-state index contributed by atoms with van der Waals surface area (Å²) in [5, 5.41) is 2.40. The Kier molecular flexibility index (Phi) is 12.0. The maximum Gasteiger partial charge on any atom is 0.261 e. The number of aldehydes is 1. The largest absolute Gasteiger partial charge is 0.359 e. The van der Waals surface area contributed by atoms with E-state index in [-0.39, 0.29) is 29.9 Å². The number of carbonyl (C=O) groups excluding carboxylic acids is 4. The molecule has 0 aliphatic carbocycles. The zero-order valence-corrected chi connectivity index (χ0v) is 14.3. The molecule has 23 heavy (non-hydrogen) atoms. The van der Waals surface area contributed by atoms with Gasteiger partial charge in [0.15, 0.2) is 0 Å². The van der Waals surface area contributed by atoms with Crippen molar-refractivity contribution in [2.45, 2.75) is 39.7 Å². The summed E-state index contributed by atoms with van der Waals surface area (Å²) >= 11 is 0.